The van der Waals surface area contributed by atoms with E-state index in [0.29, 0.717) is 47.4 Å². The lowest BCUT2D eigenvalue weighted by Gasteiger charge is -2.53. The molecule has 5 aromatic rings. The zero-order chi connectivity index (χ0) is 42.1. The van der Waals surface area contributed by atoms with E-state index in [1.54, 1.807) is 23.1 Å². The number of rotatable bonds is 8. The Kier molecular flexibility index (Phi) is 9.73. The van der Waals surface area contributed by atoms with Gasteiger partial charge in [-0.2, -0.15) is 0 Å². The predicted molar refractivity (Wildman–Crippen MR) is 240 cm³/mol. The Hall–Kier alpha value is -5.89. The van der Waals surface area contributed by atoms with Gasteiger partial charge in [0.05, 0.1) is 17.1 Å². The van der Waals surface area contributed by atoms with Crippen LogP contribution in [0.3, 0.4) is 0 Å². The molecule has 3 amide bonds. The summed E-state index contributed by atoms with van der Waals surface area (Å²) in [5.41, 5.74) is 12.7. The number of aromatic nitrogens is 3. The van der Waals surface area contributed by atoms with Gasteiger partial charge in [-0.3, -0.25) is 15.0 Å². The third-order valence-corrected chi connectivity index (χ3v) is 15.2. The maximum Gasteiger partial charge on any atom is 0.328 e. The molecule has 7 heterocycles. The van der Waals surface area contributed by atoms with Gasteiger partial charge in [0.25, 0.3) is 0 Å². The summed E-state index contributed by atoms with van der Waals surface area (Å²) in [7, 11) is 0. The van der Waals surface area contributed by atoms with E-state index in [-0.39, 0.29) is 35.6 Å². The lowest BCUT2D eigenvalue weighted by atomic mass is 9.60. The minimum absolute atomic E-state index is 0.145. The van der Waals surface area contributed by atoms with E-state index >= 15 is 4.39 Å². The first kappa shape index (κ1) is 39.0. The number of phenols is 1. The maximum atomic E-state index is 15.6. The summed E-state index contributed by atoms with van der Waals surface area (Å²) >= 11 is 0. The zero-order valence-corrected chi connectivity index (χ0v) is 35.1. The van der Waals surface area contributed by atoms with Crippen LogP contribution in [0.15, 0.2) is 79.0 Å². The normalized spacial score (nSPS) is 23.4. The molecule has 0 radical (unpaired) electrons. The topological polar surface area (TPSA) is 139 Å². The fourth-order valence-electron chi connectivity index (χ4n) is 11.8. The number of anilines is 5. The number of para-hydroxylation sites is 1. The number of piperidine rings is 2. The van der Waals surface area contributed by atoms with E-state index < -0.39 is 0 Å². The molecule has 62 heavy (non-hydrogen) atoms. The van der Waals surface area contributed by atoms with E-state index in [9.17, 15) is 14.7 Å². The zero-order valence-electron chi connectivity index (χ0n) is 35.1. The van der Waals surface area contributed by atoms with E-state index in [1.807, 2.05) is 30.3 Å². The number of imide groups is 1. The van der Waals surface area contributed by atoms with Crippen molar-refractivity contribution in [2.75, 3.05) is 77.7 Å². The quantitative estimate of drug-likeness (QED) is 0.148. The molecule has 2 bridgehead atoms. The molecule has 14 heteroatoms. The molecule has 1 aliphatic carbocycles. The first-order valence-corrected chi connectivity index (χ1v) is 22.6. The number of piperazine rings is 1. The number of hydrogen-bond acceptors (Lipinski definition) is 10. The molecular formula is C48H55FN10O3. The highest BCUT2D eigenvalue weighted by Gasteiger charge is 2.47. The lowest BCUT2D eigenvalue weighted by Crippen LogP contribution is -2.54. The van der Waals surface area contributed by atoms with Crippen LogP contribution in [-0.4, -0.2) is 101 Å². The van der Waals surface area contributed by atoms with Crippen molar-refractivity contribution in [1.82, 2.24) is 25.0 Å². The first-order valence-electron chi connectivity index (χ1n) is 22.6. The summed E-state index contributed by atoms with van der Waals surface area (Å²) in [6.45, 7) is 7.14. The monoisotopic (exact) mass is 838 g/mol. The Labute approximate surface area is 361 Å². The number of hydrogen-bond donors (Lipinski definition) is 3. The highest BCUT2D eigenvalue weighted by molar-refractivity contribution is 6.06. The van der Waals surface area contributed by atoms with Crippen LogP contribution in [0, 0.1) is 17.2 Å². The molecule has 1 saturated carbocycles. The number of nitrogen functional groups attached to an aromatic ring is 1. The lowest BCUT2D eigenvalue weighted by molar-refractivity contribution is -0.120. The second kappa shape index (κ2) is 15.5. The van der Waals surface area contributed by atoms with Crippen LogP contribution in [0.2, 0.25) is 0 Å². The summed E-state index contributed by atoms with van der Waals surface area (Å²) in [6.07, 6.45) is 11.7. The molecule has 2 atom stereocenters. The Balaban J connectivity index is 0.671. The average Bonchev–Trinajstić information content (AvgIpc) is 3.80. The molecular weight excluding hydrogens is 784 g/mol. The molecule has 2 aromatic heterocycles. The number of phenolic OH excluding ortho intramolecular Hbond substituents is 1. The van der Waals surface area contributed by atoms with E-state index in [0.717, 1.165) is 99.6 Å². The van der Waals surface area contributed by atoms with Crippen LogP contribution in [0.25, 0.3) is 22.2 Å². The highest BCUT2D eigenvalue weighted by atomic mass is 19.1. The van der Waals surface area contributed by atoms with Gasteiger partial charge in [0, 0.05) is 97.9 Å². The minimum atomic E-state index is -0.348. The van der Waals surface area contributed by atoms with Crippen LogP contribution < -0.4 is 30.7 Å². The number of likely N-dealkylation sites (tertiary alicyclic amines) is 1. The number of aromatic hydroxyl groups is 1. The molecule has 5 saturated heterocycles. The van der Waals surface area contributed by atoms with Crippen molar-refractivity contribution < 1.29 is 19.1 Å². The average molecular weight is 839 g/mol. The SMILES string of the molecule is Nc1nnc(-c2ccccc2O)cc1N1CC2CCC(C1)N2c1ccc(F)c(N2CCC(CN3CCC4(CC3)CC(n3ccc5cc(N6CCC(=O)NC6=O)ccc53)C4)CC2)c1. The van der Waals surface area contributed by atoms with Gasteiger partial charge in [-0.05, 0) is 136 Å². The van der Waals surface area contributed by atoms with Gasteiger partial charge in [0.2, 0.25) is 5.91 Å². The van der Waals surface area contributed by atoms with E-state index in [1.165, 1.54) is 31.2 Å². The number of amides is 3. The molecule has 11 rings (SSSR count). The third kappa shape index (κ3) is 7.05. The molecule has 6 fully saturated rings. The first-order chi connectivity index (χ1) is 30.2. The fourth-order valence-corrected chi connectivity index (χ4v) is 11.8. The van der Waals surface area contributed by atoms with Gasteiger partial charge < -0.3 is 35.0 Å². The standard InChI is InChI=1S/C48H55FN10O3/c49-39-9-7-34(59-35-5-6-36(59)30-56(29-35)43-25-40(52-53-46(43)50)38-3-1-2-4-44(38)60)24-42(39)55-17-11-31(12-18-55)28-54-21-15-48(16-22-54)26-37(27-48)57-19-13-32-23-33(8-10-41(32)57)58-20-14-45(61)51-47(58)62/h1-4,7-10,13,19,23-25,31,35-37,60H,5-6,11-12,14-18,20-22,26-30H2,(H2,50,53)(H,51,61,62). The van der Waals surface area contributed by atoms with Crippen LogP contribution in [-0.2, 0) is 4.79 Å². The van der Waals surface area contributed by atoms with Crippen LogP contribution in [0.4, 0.5) is 37.8 Å². The van der Waals surface area contributed by atoms with Crippen molar-refractivity contribution >= 4 is 51.4 Å². The van der Waals surface area contributed by atoms with Gasteiger partial charge in [0.15, 0.2) is 5.82 Å². The van der Waals surface area contributed by atoms with Crippen LogP contribution >= 0.6 is 0 Å². The number of nitrogens with zero attached hydrogens (tertiary/aromatic N) is 8. The number of benzene rings is 3. The molecule has 6 aliphatic rings. The summed E-state index contributed by atoms with van der Waals surface area (Å²) in [5.74, 6) is 0.804. The van der Waals surface area contributed by atoms with Crippen molar-refractivity contribution in [3.63, 3.8) is 0 Å². The van der Waals surface area contributed by atoms with Crippen molar-refractivity contribution in [3.8, 4) is 17.0 Å². The molecule has 5 aliphatic heterocycles. The Morgan fingerprint density at radius 2 is 1.55 bits per heavy atom. The third-order valence-electron chi connectivity index (χ3n) is 15.2. The Bertz CT molecular complexity index is 2510. The van der Waals surface area contributed by atoms with E-state index in [4.69, 9.17) is 5.73 Å². The number of carbonyl (C=O) groups excluding carboxylic acids is 2. The molecule has 1 spiro atoms. The molecule has 4 N–H and O–H groups in total. The summed E-state index contributed by atoms with van der Waals surface area (Å²) in [5, 5.41) is 22.6. The Morgan fingerprint density at radius 1 is 0.790 bits per heavy atom. The van der Waals surface area contributed by atoms with Crippen LogP contribution in [0.5, 0.6) is 5.75 Å². The van der Waals surface area contributed by atoms with E-state index in [2.05, 4.69) is 70.1 Å². The van der Waals surface area contributed by atoms with Crippen LogP contribution in [0.1, 0.15) is 63.8 Å². The summed E-state index contributed by atoms with van der Waals surface area (Å²) in [6, 6.07) is 23.8. The van der Waals surface area contributed by atoms with Crippen molar-refractivity contribution in [2.24, 2.45) is 11.3 Å². The number of fused-ring (bicyclic) bond motifs is 3. The van der Waals surface area contributed by atoms with Crippen molar-refractivity contribution in [1.29, 1.82) is 0 Å². The number of urea groups is 1. The maximum absolute atomic E-state index is 15.6. The van der Waals surface area contributed by atoms with Crippen molar-refractivity contribution in [3.05, 3.63) is 84.8 Å². The highest BCUT2D eigenvalue weighted by Crippen LogP contribution is 2.55. The second-order valence-corrected chi connectivity index (χ2v) is 18.9. The fraction of sp³-hybridized carbons (Fsp3) is 0.458. The number of halogens is 1. The van der Waals surface area contributed by atoms with Gasteiger partial charge in [0.1, 0.15) is 11.6 Å². The second-order valence-electron chi connectivity index (χ2n) is 18.9. The van der Waals surface area contributed by atoms with Gasteiger partial charge in [-0.25, -0.2) is 9.18 Å². The van der Waals surface area contributed by atoms with Crippen molar-refractivity contribution in [2.45, 2.75) is 75.9 Å². The molecule has 3 aromatic carbocycles. The summed E-state index contributed by atoms with van der Waals surface area (Å²) < 4.78 is 18.0. The molecule has 2 unspecified atom stereocenters. The largest absolute Gasteiger partial charge is 0.507 e. The van der Waals surface area contributed by atoms with Gasteiger partial charge >= 0.3 is 6.03 Å². The molecule has 322 valence electrons. The number of nitrogens with one attached hydrogen (secondary N) is 1. The Morgan fingerprint density at radius 3 is 2.31 bits per heavy atom. The smallest absolute Gasteiger partial charge is 0.328 e. The molecule has 13 nitrogen and oxygen atoms in total. The number of nitrogens with two attached hydrogens (primary N) is 1. The predicted octanol–water partition coefficient (Wildman–Crippen LogP) is 7.16. The number of carbonyl (C=O) groups is 2. The minimum Gasteiger partial charge on any atom is -0.507 e. The summed E-state index contributed by atoms with van der Waals surface area (Å²) in [4.78, 5) is 35.5. The van der Waals surface area contributed by atoms with Gasteiger partial charge in [-0.1, -0.05) is 12.1 Å². The van der Waals surface area contributed by atoms with Gasteiger partial charge in [-0.15, -0.1) is 10.2 Å².